The summed E-state index contributed by atoms with van der Waals surface area (Å²) in [5.41, 5.74) is 5.53. The van der Waals surface area contributed by atoms with Crippen LogP contribution in [0, 0.1) is 0 Å². The van der Waals surface area contributed by atoms with E-state index in [1.807, 2.05) is 0 Å². The fourth-order valence-corrected chi connectivity index (χ4v) is 2.14. The molecule has 0 spiro atoms. The number of carbonyl (C=O) groups is 3. The Kier molecular flexibility index (Phi) is 13.7. The highest BCUT2D eigenvalue weighted by Gasteiger charge is 2.18. The molecule has 0 saturated heterocycles. The normalized spacial score (nSPS) is 13.1. The van der Waals surface area contributed by atoms with Gasteiger partial charge in [0.1, 0.15) is 18.4 Å². The molecule has 0 aromatic heterocycles. The first kappa shape index (κ1) is 24.5. The predicted molar refractivity (Wildman–Crippen MR) is 107 cm³/mol. The molecule has 6 N–H and O–H groups in total. The molecule has 26 heavy (non-hydrogen) atoms. The average Bonchev–Trinajstić information content (AvgIpc) is 2.61. The van der Waals surface area contributed by atoms with Crippen molar-refractivity contribution in [1.29, 1.82) is 0 Å². The number of likely N-dealkylation sites (N-methyl/N-ethyl adjacent to an activating group) is 1. The van der Waals surface area contributed by atoms with Crippen molar-refractivity contribution in [2.45, 2.75) is 38.3 Å². The number of ketones is 1. The second-order valence-corrected chi connectivity index (χ2v) is 6.12. The van der Waals surface area contributed by atoms with Crippen molar-refractivity contribution in [3.05, 3.63) is 0 Å². The second kappa shape index (κ2) is 14.6. The molecule has 0 rings (SSSR count). The molecule has 148 valence electrons. The fraction of sp³-hybridized carbons (Fsp3) is 0.714. The standard InChI is InChI=1S/C14H28N7O3PS/c1-9(22)10(16-2)5-3-4-6-17-13(24)11(7-15)19-12(23)8-18-20-14(26)21-25/h10-11,16H,3-8,15,25H2,1-2H3,(H,17,24)(H,19,23)(H,21,26). The van der Waals surface area contributed by atoms with Crippen LogP contribution < -0.4 is 26.8 Å². The molecular weight excluding hydrogens is 377 g/mol. The van der Waals surface area contributed by atoms with Gasteiger partial charge in [-0.3, -0.25) is 14.4 Å². The van der Waals surface area contributed by atoms with Crippen LogP contribution in [0.5, 0.6) is 0 Å². The first-order valence-corrected chi connectivity index (χ1v) is 9.17. The Hall–Kier alpha value is -1.55. The van der Waals surface area contributed by atoms with Gasteiger partial charge in [-0.1, -0.05) is 0 Å². The van der Waals surface area contributed by atoms with E-state index in [0.717, 1.165) is 12.8 Å². The van der Waals surface area contributed by atoms with Gasteiger partial charge in [0.2, 0.25) is 16.9 Å². The molecular formula is C14H28N7O3PS. The number of nitrogens with two attached hydrogens (primary N) is 1. The van der Waals surface area contributed by atoms with Crippen molar-refractivity contribution >= 4 is 44.3 Å². The molecule has 0 aliphatic rings. The van der Waals surface area contributed by atoms with Crippen molar-refractivity contribution in [3.8, 4) is 0 Å². The number of azo groups is 1. The zero-order valence-corrected chi connectivity index (χ0v) is 17.1. The summed E-state index contributed by atoms with van der Waals surface area (Å²) < 4.78 is 0. The number of amides is 2. The van der Waals surface area contributed by atoms with Crippen LogP contribution in [0.3, 0.4) is 0 Å². The number of nitrogens with one attached hydrogen (secondary N) is 4. The molecule has 0 aromatic rings. The summed E-state index contributed by atoms with van der Waals surface area (Å²) in [6, 6.07) is -1.00. The van der Waals surface area contributed by atoms with Crippen LogP contribution >= 0.6 is 21.6 Å². The van der Waals surface area contributed by atoms with Crippen LogP contribution in [-0.2, 0) is 14.4 Å². The summed E-state index contributed by atoms with van der Waals surface area (Å²) in [6.07, 6.45) is 2.21. The van der Waals surface area contributed by atoms with E-state index in [9.17, 15) is 14.4 Å². The fourth-order valence-electron chi connectivity index (χ4n) is 2.02. The van der Waals surface area contributed by atoms with E-state index < -0.39 is 11.9 Å². The Morgan fingerprint density at radius 3 is 2.46 bits per heavy atom. The molecule has 3 atom stereocenters. The minimum Gasteiger partial charge on any atom is -0.354 e. The van der Waals surface area contributed by atoms with Crippen LogP contribution in [0.1, 0.15) is 26.2 Å². The highest BCUT2D eigenvalue weighted by molar-refractivity contribution is 7.80. The third kappa shape index (κ3) is 11.1. The van der Waals surface area contributed by atoms with Gasteiger partial charge in [0.05, 0.1) is 6.04 Å². The first-order valence-electron chi connectivity index (χ1n) is 8.18. The molecule has 0 fully saturated rings. The number of carbonyl (C=O) groups excluding carboxylic acids is 3. The lowest BCUT2D eigenvalue weighted by atomic mass is 10.1. The monoisotopic (exact) mass is 405 g/mol. The van der Waals surface area contributed by atoms with Crippen molar-refractivity contribution in [1.82, 2.24) is 21.0 Å². The lowest BCUT2D eigenvalue weighted by molar-refractivity contribution is -0.128. The SMILES string of the molecule is CNC(CCCCNC(=O)C(CN)NC(=O)CN=NC(=S)NP)C(C)=O. The van der Waals surface area contributed by atoms with Crippen molar-refractivity contribution in [2.24, 2.45) is 16.0 Å². The number of Topliss-reactive ketones (excluding diaryl/α,β-unsaturated/α-hetero) is 1. The van der Waals surface area contributed by atoms with Crippen molar-refractivity contribution in [3.63, 3.8) is 0 Å². The van der Waals surface area contributed by atoms with Crippen molar-refractivity contribution in [2.75, 3.05) is 26.7 Å². The van der Waals surface area contributed by atoms with E-state index in [1.54, 1.807) is 14.0 Å². The maximum Gasteiger partial charge on any atom is 0.244 e. The topological polar surface area (TPSA) is 150 Å². The first-order chi connectivity index (χ1) is 12.3. The summed E-state index contributed by atoms with van der Waals surface area (Å²) in [6.45, 7) is 1.69. The van der Waals surface area contributed by atoms with Gasteiger partial charge in [-0.25, -0.2) is 0 Å². The van der Waals surface area contributed by atoms with Gasteiger partial charge in [-0.15, -0.1) is 5.11 Å². The lowest BCUT2D eigenvalue weighted by Gasteiger charge is -2.16. The van der Waals surface area contributed by atoms with E-state index in [4.69, 9.17) is 18.0 Å². The van der Waals surface area contributed by atoms with Gasteiger partial charge >= 0.3 is 0 Å². The zero-order chi connectivity index (χ0) is 19.9. The quantitative estimate of drug-likeness (QED) is 0.121. The average molecular weight is 405 g/mol. The summed E-state index contributed by atoms with van der Waals surface area (Å²) in [4.78, 5) is 35.1. The number of hydrogen-bond acceptors (Lipinski definition) is 7. The van der Waals surface area contributed by atoms with Crippen LogP contribution in [-0.4, -0.2) is 61.5 Å². The van der Waals surface area contributed by atoms with Crippen LogP contribution in [0.25, 0.3) is 0 Å². The second-order valence-electron chi connectivity index (χ2n) is 5.44. The summed E-state index contributed by atoms with van der Waals surface area (Å²) in [5.74, 6) is -0.755. The van der Waals surface area contributed by atoms with Gasteiger partial charge in [-0.05, 0) is 54.8 Å². The Labute approximate surface area is 161 Å². The van der Waals surface area contributed by atoms with E-state index in [0.29, 0.717) is 13.0 Å². The molecule has 0 saturated carbocycles. The molecule has 3 unspecified atom stereocenters. The zero-order valence-electron chi connectivity index (χ0n) is 15.1. The van der Waals surface area contributed by atoms with Gasteiger partial charge in [0, 0.05) is 13.1 Å². The Morgan fingerprint density at radius 2 is 1.92 bits per heavy atom. The molecule has 0 radical (unpaired) electrons. The minimum absolute atomic E-state index is 0.0353. The molecule has 0 aromatic carbocycles. The number of nitrogens with zero attached hydrogens (tertiary/aromatic N) is 2. The molecule has 10 nitrogen and oxygen atoms in total. The van der Waals surface area contributed by atoms with E-state index in [-0.39, 0.29) is 35.9 Å². The van der Waals surface area contributed by atoms with E-state index in [2.05, 4.69) is 40.7 Å². The van der Waals surface area contributed by atoms with Crippen LogP contribution in [0.15, 0.2) is 10.2 Å². The van der Waals surface area contributed by atoms with Gasteiger partial charge < -0.3 is 26.8 Å². The maximum absolute atomic E-state index is 12.0. The van der Waals surface area contributed by atoms with Crippen LogP contribution in [0.2, 0.25) is 0 Å². The molecule has 0 heterocycles. The van der Waals surface area contributed by atoms with E-state index in [1.165, 1.54) is 0 Å². The largest absolute Gasteiger partial charge is 0.354 e. The third-order valence-electron chi connectivity index (χ3n) is 3.44. The van der Waals surface area contributed by atoms with Gasteiger partial charge in [0.25, 0.3) is 0 Å². The van der Waals surface area contributed by atoms with E-state index >= 15 is 0 Å². The van der Waals surface area contributed by atoms with Crippen LogP contribution in [0.4, 0.5) is 0 Å². The van der Waals surface area contributed by atoms with Crippen molar-refractivity contribution < 1.29 is 14.4 Å². The lowest BCUT2D eigenvalue weighted by Crippen LogP contribution is -2.51. The number of unbranched alkanes of at least 4 members (excludes halogenated alkanes) is 1. The molecule has 12 heteroatoms. The van der Waals surface area contributed by atoms with Gasteiger partial charge in [0.15, 0.2) is 0 Å². The highest BCUT2D eigenvalue weighted by Crippen LogP contribution is 2.01. The Balaban J connectivity index is 4.13. The minimum atomic E-state index is -0.841. The summed E-state index contributed by atoms with van der Waals surface area (Å²) in [5, 5.41) is 18.0. The Morgan fingerprint density at radius 1 is 1.23 bits per heavy atom. The Bertz CT molecular complexity index is 519. The summed E-state index contributed by atoms with van der Waals surface area (Å²) in [7, 11) is 3.90. The number of hydrogen-bond donors (Lipinski definition) is 5. The maximum atomic E-state index is 12.0. The number of thiocarbonyl (C=S) groups is 1. The molecule has 0 bridgehead atoms. The molecule has 0 aliphatic heterocycles. The third-order valence-corrected chi connectivity index (χ3v) is 4.13. The highest BCUT2D eigenvalue weighted by atomic mass is 32.1. The smallest absolute Gasteiger partial charge is 0.244 e. The summed E-state index contributed by atoms with van der Waals surface area (Å²) >= 11 is 4.74. The predicted octanol–water partition coefficient (Wildman–Crippen LogP) is -0.990. The molecule has 0 aliphatic carbocycles. The molecule has 2 amide bonds. The van der Waals surface area contributed by atoms with Gasteiger partial charge in [-0.2, -0.15) is 5.11 Å². The number of rotatable bonds is 12.